The molecule has 1 aliphatic heterocycles. The van der Waals surface area contributed by atoms with Gasteiger partial charge in [-0.05, 0) is 45.0 Å². The predicted molar refractivity (Wildman–Crippen MR) is 74.3 cm³/mol. The van der Waals surface area contributed by atoms with Gasteiger partial charge in [0.25, 0.3) is 0 Å². The summed E-state index contributed by atoms with van der Waals surface area (Å²) in [5.41, 5.74) is 6.42. The number of nitrogens with zero attached hydrogens (tertiary/aromatic N) is 3. The number of fused-ring (bicyclic) bond motifs is 1. The number of imidazole rings is 1. The van der Waals surface area contributed by atoms with Crippen molar-refractivity contribution in [2.45, 2.75) is 32.4 Å². The highest BCUT2D eigenvalue weighted by Crippen LogP contribution is 2.24. The molecule has 0 spiro atoms. The molecule has 0 radical (unpaired) electrons. The molecule has 0 amide bonds. The topological polar surface area (TPSA) is 47.1 Å². The molecular weight excluding hydrogens is 262 g/mol. The third kappa shape index (κ3) is 2.14. The van der Waals surface area contributed by atoms with E-state index in [2.05, 4.69) is 16.8 Å². The van der Waals surface area contributed by atoms with Crippen LogP contribution < -0.4 is 5.73 Å². The summed E-state index contributed by atoms with van der Waals surface area (Å²) in [6.45, 7) is 4.69. The van der Waals surface area contributed by atoms with E-state index in [-0.39, 0.29) is 17.5 Å². The van der Waals surface area contributed by atoms with E-state index in [0.717, 1.165) is 19.2 Å². The van der Waals surface area contributed by atoms with Gasteiger partial charge in [-0.3, -0.25) is 4.90 Å². The summed E-state index contributed by atoms with van der Waals surface area (Å²) < 4.78 is 29.0. The molecule has 2 aromatic rings. The molecule has 1 saturated heterocycles. The highest BCUT2D eigenvalue weighted by atomic mass is 19.2. The fraction of sp³-hybridized carbons (Fsp3) is 0.500. The molecule has 0 saturated carbocycles. The molecule has 2 N–H and O–H groups in total. The van der Waals surface area contributed by atoms with Crippen LogP contribution in [0.15, 0.2) is 12.1 Å². The van der Waals surface area contributed by atoms with Gasteiger partial charge in [0.1, 0.15) is 5.52 Å². The molecule has 1 unspecified atom stereocenters. The number of anilines is 1. The molecule has 3 rings (SSSR count). The van der Waals surface area contributed by atoms with Crippen molar-refractivity contribution in [2.75, 3.05) is 18.8 Å². The zero-order valence-electron chi connectivity index (χ0n) is 11.4. The van der Waals surface area contributed by atoms with Crippen molar-refractivity contribution < 1.29 is 8.78 Å². The van der Waals surface area contributed by atoms with Crippen molar-refractivity contribution in [1.29, 1.82) is 0 Å². The lowest BCUT2D eigenvalue weighted by Crippen LogP contribution is -2.34. The van der Waals surface area contributed by atoms with Crippen molar-refractivity contribution >= 4 is 17.0 Å². The van der Waals surface area contributed by atoms with E-state index < -0.39 is 11.6 Å². The van der Waals surface area contributed by atoms with Crippen molar-refractivity contribution in [3.8, 4) is 0 Å². The van der Waals surface area contributed by atoms with Gasteiger partial charge in [0, 0.05) is 12.6 Å². The zero-order chi connectivity index (χ0) is 14.3. The Hall–Kier alpha value is -1.69. The average molecular weight is 280 g/mol. The lowest BCUT2D eigenvalue weighted by molar-refractivity contribution is 0.238. The highest BCUT2D eigenvalue weighted by molar-refractivity contribution is 5.79. The fourth-order valence-corrected chi connectivity index (χ4v) is 2.92. The molecule has 20 heavy (non-hydrogen) atoms. The molecule has 1 aromatic carbocycles. The molecule has 0 aliphatic carbocycles. The lowest BCUT2D eigenvalue weighted by atomic mass is 10.2. The van der Waals surface area contributed by atoms with Gasteiger partial charge in [-0.1, -0.05) is 0 Å². The van der Waals surface area contributed by atoms with Crippen molar-refractivity contribution in [3.05, 3.63) is 23.8 Å². The van der Waals surface area contributed by atoms with Gasteiger partial charge < -0.3 is 10.3 Å². The second-order valence-corrected chi connectivity index (χ2v) is 5.40. The summed E-state index contributed by atoms with van der Waals surface area (Å²) in [4.78, 5) is 6.45. The van der Waals surface area contributed by atoms with Gasteiger partial charge in [0.15, 0.2) is 11.6 Å². The molecule has 0 bridgehead atoms. The Labute approximate surface area is 116 Å². The van der Waals surface area contributed by atoms with Crippen LogP contribution in [0.25, 0.3) is 11.0 Å². The first-order valence-electron chi connectivity index (χ1n) is 6.91. The van der Waals surface area contributed by atoms with Crippen LogP contribution in [0.5, 0.6) is 0 Å². The zero-order valence-corrected chi connectivity index (χ0v) is 11.4. The van der Waals surface area contributed by atoms with E-state index in [1.165, 1.54) is 18.9 Å². The smallest absolute Gasteiger partial charge is 0.201 e. The molecule has 6 heteroatoms. The largest absolute Gasteiger partial charge is 0.369 e. The van der Waals surface area contributed by atoms with Gasteiger partial charge in [-0.2, -0.15) is 0 Å². The van der Waals surface area contributed by atoms with Gasteiger partial charge in [-0.25, -0.2) is 13.8 Å². The Bertz CT molecular complexity index is 632. The third-order valence-corrected chi connectivity index (χ3v) is 4.04. The monoisotopic (exact) mass is 280 g/mol. The summed E-state index contributed by atoms with van der Waals surface area (Å²) in [5, 5.41) is 0. The van der Waals surface area contributed by atoms with Gasteiger partial charge >= 0.3 is 0 Å². The Kier molecular flexibility index (Phi) is 3.33. The van der Waals surface area contributed by atoms with Crippen molar-refractivity contribution in [3.63, 3.8) is 0 Å². The lowest BCUT2D eigenvalue weighted by Gasteiger charge is -2.24. The molecule has 1 aliphatic rings. The maximum absolute atomic E-state index is 14.0. The van der Waals surface area contributed by atoms with Crippen LogP contribution in [-0.4, -0.2) is 33.6 Å². The van der Waals surface area contributed by atoms with E-state index >= 15 is 0 Å². The quantitative estimate of drug-likeness (QED) is 0.939. The molecule has 2 heterocycles. The third-order valence-electron chi connectivity index (χ3n) is 4.04. The number of hydrogen-bond acceptors (Lipinski definition) is 3. The molecule has 108 valence electrons. The Morgan fingerprint density at radius 2 is 2.00 bits per heavy atom. The van der Waals surface area contributed by atoms with Crippen LogP contribution >= 0.6 is 0 Å². The minimum Gasteiger partial charge on any atom is -0.369 e. The normalized spacial score (nSPS) is 17.9. The number of halogens is 2. The number of likely N-dealkylation sites (tertiary alicyclic amines) is 1. The summed E-state index contributed by atoms with van der Waals surface area (Å²) in [5.74, 6) is -1.51. The standard InChI is InChI=1S/C14H18F2N4/c1-9(19-6-2-3-7-19)8-20-13-11(18-14(20)17)5-4-10(15)12(13)16/h4-5,9H,2-3,6-8H2,1H3,(H2,17,18). The van der Waals surface area contributed by atoms with Gasteiger partial charge in [-0.15, -0.1) is 0 Å². The molecule has 1 aromatic heterocycles. The number of nitrogens with two attached hydrogens (primary N) is 1. The average Bonchev–Trinajstić information content (AvgIpc) is 3.04. The summed E-state index contributed by atoms with van der Waals surface area (Å²) in [6.07, 6.45) is 2.38. The number of rotatable bonds is 3. The first-order chi connectivity index (χ1) is 9.58. The number of hydrogen-bond donors (Lipinski definition) is 1. The van der Waals surface area contributed by atoms with E-state index in [1.807, 2.05) is 0 Å². The molecule has 1 atom stereocenters. The first kappa shape index (κ1) is 13.3. The summed E-state index contributed by atoms with van der Waals surface area (Å²) >= 11 is 0. The molecular formula is C14H18F2N4. The fourth-order valence-electron chi connectivity index (χ4n) is 2.92. The van der Waals surface area contributed by atoms with Crippen LogP contribution in [0.4, 0.5) is 14.7 Å². The minimum atomic E-state index is -0.875. The van der Waals surface area contributed by atoms with Crippen molar-refractivity contribution in [2.24, 2.45) is 0 Å². The van der Waals surface area contributed by atoms with E-state index in [4.69, 9.17) is 5.73 Å². The maximum atomic E-state index is 14.0. The van der Waals surface area contributed by atoms with E-state index in [9.17, 15) is 8.78 Å². The minimum absolute atomic E-state index is 0.161. The maximum Gasteiger partial charge on any atom is 0.201 e. The van der Waals surface area contributed by atoms with Crippen LogP contribution in [0.2, 0.25) is 0 Å². The number of benzene rings is 1. The van der Waals surface area contributed by atoms with Crippen molar-refractivity contribution in [1.82, 2.24) is 14.5 Å². The van der Waals surface area contributed by atoms with Crippen LogP contribution in [0.3, 0.4) is 0 Å². The summed E-state index contributed by atoms with van der Waals surface area (Å²) in [7, 11) is 0. The van der Waals surface area contributed by atoms with E-state index in [1.54, 1.807) is 4.57 Å². The van der Waals surface area contributed by atoms with Crippen LogP contribution in [0, 0.1) is 11.6 Å². The van der Waals surface area contributed by atoms with Crippen LogP contribution in [-0.2, 0) is 6.54 Å². The summed E-state index contributed by atoms with van der Waals surface area (Å²) in [6, 6.07) is 2.76. The van der Waals surface area contributed by atoms with Crippen LogP contribution in [0.1, 0.15) is 19.8 Å². The number of nitrogen functional groups attached to an aromatic ring is 1. The Morgan fingerprint density at radius 1 is 1.30 bits per heavy atom. The Balaban J connectivity index is 1.98. The number of aromatic nitrogens is 2. The Morgan fingerprint density at radius 3 is 2.70 bits per heavy atom. The van der Waals surface area contributed by atoms with E-state index in [0.29, 0.717) is 12.1 Å². The van der Waals surface area contributed by atoms with Gasteiger partial charge in [0.2, 0.25) is 5.95 Å². The predicted octanol–water partition coefficient (Wildman–Crippen LogP) is 2.38. The second-order valence-electron chi connectivity index (χ2n) is 5.40. The highest BCUT2D eigenvalue weighted by Gasteiger charge is 2.22. The molecule has 4 nitrogen and oxygen atoms in total. The molecule has 1 fully saturated rings. The van der Waals surface area contributed by atoms with Gasteiger partial charge in [0.05, 0.1) is 5.52 Å². The second kappa shape index (κ2) is 5.01. The first-order valence-corrected chi connectivity index (χ1v) is 6.91. The SMILES string of the molecule is CC(Cn1c(N)nc2ccc(F)c(F)c21)N1CCCC1.